The molecule has 0 fully saturated rings. The monoisotopic (exact) mass is 314 g/mol. The molecule has 0 saturated carbocycles. The van der Waals surface area contributed by atoms with E-state index in [9.17, 15) is 20.1 Å². The lowest BCUT2D eigenvalue weighted by Crippen LogP contribution is -2.22. The quantitative estimate of drug-likeness (QED) is 0.502. The van der Waals surface area contributed by atoms with Gasteiger partial charge in [0.2, 0.25) is 0 Å². The maximum absolute atomic E-state index is 11.6. The lowest BCUT2D eigenvalue weighted by molar-refractivity contribution is 0.249. The van der Waals surface area contributed by atoms with Crippen molar-refractivity contribution in [2.45, 2.75) is 12.8 Å². The number of aliphatic imine (C=N–C) groups is 1. The highest BCUT2D eigenvalue weighted by molar-refractivity contribution is 5.84. The fourth-order valence-electron chi connectivity index (χ4n) is 1.95. The SMILES string of the molecule is O=C(N=CCc1ccc(O)c(O)c1)NCCc1ccc(O)cc1. The number of hydrogen-bond donors (Lipinski definition) is 4. The van der Waals surface area contributed by atoms with Gasteiger partial charge in [-0.2, -0.15) is 0 Å². The third kappa shape index (κ3) is 5.35. The molecule has 0 atom stereocenters. The Bertz CT molecular complexity index is 696. The number of nitrogens with zero attached hydrogens (tertiary/aromatic N) is 1. The molecule has 2 aromatic carbocycles. The molecule has 0 aromatic heterocycles. The highest BCUT2D eigenvalue weighted by atomic mass is 16.3. The third-order valence-electron chi connectivity index (χ3n) is 3.20. The van der Waals surface area contributed by atoms with E-state index in [0.717, 1.165) is 11.1 Å². The lowest BCUT2D eigenvalue weighted by Gasteiger charge is -2.03. The van der Waals surface area contributed by atoms with Gasteiger partial charge in [-0.05, 0) is 41.8 Å². The van der Waals surface area contributed by atoms with Crippen molar-refractivity contribution in [2.24, 2.45) is 4.99 Å². The van der Waals surface area contributed by atoms with Gasteiger partial charge in [0.05, 0.1) is 0 Å². The summed E-state index contributed by atoms with van der Waals surface area (Å²) in [7, 11) is 0. The second-order valence-corrected chi connectivity index (χ2v) is 4.99. The maximum atomic E-state index is 11.6. The number of aromatic hydroxyl groups is 3. The zero-order valence-corrected chi connectivity index (χ0v) is 12.4. The first-order chi connectivity index (χ1) is 11.0. The minimum absolute atomic E-state index is 0.183. The van der Waals surface area contributed by atoms with E-state index in [1.54, 1.807) is 30.3 Å². The molecule has 0 radical (unpaired) electrons. The largest absolute Gasteiger partial charge is 0.508 e. The van der Waals surface area contributed by atoms with E-state index in [1.165, 1.54) is 18.3 Å². The van der Waals surface area contributed by atoms with Crippen LogP contribution in [-0.4, -0.2) is 34.1 Å². The van der Waals surface area contributed by atoms with Crippen molar-refractivity contribution >= 4 is 12.2 Å². The number of hydrogen-bond acceptors (Lipinski definition) is 4. The minimum atomic E-state index is -0.438. The highest BCUT2D eigenvalue weighted by Gasteiger charge is 2.00. The van der Waals surface area contributed by atoms with E-state index in [0.29, 0.717) is 19.4 Å². The summed E-state index contributed by atoms with van der Waals surface area (Å²) in [5.74, 6) is -0.172. The molecule has 0 aliphatic heterocycles. The number of benzene rings is 2. The van der Waals surface area contributed by atoms with Crippen LogP contribution in [-0.2, 0) is 12.8 Å². The number of nitrogens with one attached hydrogen (secondary N) is 1. The first-order valence-electron chi connectivity index (χ1n) is 7.14. The maximum Gasteiger partial charge on any atom is 0.340 e. The van der Waals surface area contributed by atoms with Crippen molar-refractivity contribution in [1.82, 2.24) is 5.32 Å². The molecule has 0 aliphatic rings. The Labute approximate surface area is 133 Å². The second-order valence-electron chi connectivity index (χ2n) is 4.99. The molecule has 0 aliphatic carbocycles. The predicted molar refractivity (Wildman–Crippen MR) is 87.2 cm³/mol. The van der Waals surface area contributed by atoms with Crippen molar-refractivity contribution in [1.29, 1.82) is 0 Å². The molecule has 23 heavy (non-hydrogen) atoms. The molecule has 6 nitrogen and oxygen atoms in total. The van der Waals surface area contributed by atoms with Crippen molar-refractivity contribution in [3.8, 4) is 17.2 Å². The van der Waals surface area contributed by atoms with Crippen LogP contribution in [0.4, 0.5) is 4.79 Å². The first kappa shape index (κ1) is 16.4. The molecule has 6 heteroatoms. The predicted octanol–water partition coefficient (Wildman–Crippen LogP) is 2.37. The standard InChI is InChI=1S/C17H18N2O4/c20-14-4-1-12(2-5-14)7-9-18-17(23)19-10-8-13-3-6-15(21)16(22)11-13/h1-6,10-11,20-22H,7-9H2,(H,18,23). The Morgan fingerprint density at radius 2 is 1.70 bits per heavy atom. The zero-order chi connectivity index (χ0) is 16.7. The number of phenols is 3. The normalized spacial score (nSPS) is 10.8. The van der Waals surface area contributed by atoms with Crippen LogP contribution in [0.3, 0.4) is 0 Å². The molecule has 2 amide bonds. The number of carbonyl (C=O) groups excluding carboxylic acids is 1. The molecule has 120 valence electrons. The van der Waals surface area contributed by atoms with Gasteiger partial charge < -0.3 is 20.6 Å². The van der Waals surface area contributed by atoms with E-state index < -0.39 is 6.03 Å². The molecule has 0 saturated heterocycles. The summed E-state index contributed by atoms with van der Waals surface area (Å²) in [6, 6.07) is 10.8. The van der Waals surface area contributed by atoms with Gasteiger partial charge >= 0.3 is 6.03 Å². The summed E-state index contributed by atoms with van der Waals surface area (Å²) >= 11 is 0. The van der Waals surface area contributed by atoms with Crippen molar-refractivity contribution < 1.29 is 20.1 Å². The first-order valence-corrected chi connectivity index (χ1v) is 7.14. The van der Waals surface area contributed by atoms with Crippen LogP contribution in [0.15, 0.2) is 47.5 Å². The Morgan fingerprint density at radius 1 is 1.00 bits per heavy atom. The summed E-state index contributed by atoms with van der Waals surface area (Å²) in [5, 5.41) is 30.4. The summed E-state index contributed by atoms with van der Waals surface area (Å²) in [5.41, 5.74) is 1.74. The van der Waals surface area contributed by atoms with Gasteiger partial charge in [0.1, 0.15) is 5.75 Å². The lowest BCUT2D eigenvalue weighted by atomic mass is 10.1. The number of carbonyl (C=O) groups is 1. The molecule has 0 bridgehead atoms. The molecule has 2 aromatic rings. The Morgan fingerprint density at radius 3 is 2.39 bits per heavy atom. The number of urea groups is 1. The fraction of sp³-hybridized carbons (Fsp3) is 0.176. The van der Waals surface area contributed by atoms with Crippen molar-refractivity contribution in [3.63, 3.8) is 0 Å². The van der Waals surface area contributed by atoms with Crippen LogP contribution in [0.5, 0.6) is 17.2 Å². The van der Waals surface area contributed by atoms with Crippen molar-refractivity contribution in [2.75, 3.05) is 6.54 Å². The van der Waals surface area contributed by atoms with Gasteiger partial charge in [-0.25, -0.2) is 9.79 Å². The van der Waals surface area contributed by atoms with E-state index in [2.05, 4.69) is 10.3 Å². The summed E-state index contributed by atoms with van der Waals surface area (Å²) in [6.07, 6.45) is 2.47. The molecule has 0 unspecified atom stereocenters. The molecule has 0 spiro atoms. The van der Waals surface area contributed by atoms with Crippen LogP contribution in [0, 0.1) is 0 Å². The Kier molecular flexibility index (Phi) is 5.57. The Hall–Kier alpha value is -3.02. The zero-order valence-electron chi connectivity index (χ0n) is 12.4. The van der Waals surface area contributed by atoms with E-state index in [-0.39, 0.29) is 17.2 Å². The molecule has 0 heterocycles. The average Bonchev–Trinajstić information content (AvgIpc) is 2.53. The van der Waals surface area contributed by atoms with E-state index >= 15 is 0 Å². The second kappa shape index (κ2) is 7.84. The smallest absolute Gasteiger partial charge is 0.340 e. The number of rotatable bonds is 5. The van der Waals surface area contributed by atoms with Crippen LogP contribution >= 0.6 is 0 Å². The molecule has 2 rings (SSSR count). The van der Waals surface area contributed by atoms with Crippen LogP contribution < -0.4 is 5.32 Å². The van der Waals surface area contributed by atoms with Gasteiger partial charge in [-0.15, -0.1) is 0 Å². The third-order valence-corrected chi connectivity index (χ3v) is 3.20. The van der Waals surface area contributed by atoms with Gasteiger partial charge in [0, 0.05) is 19.2 Å². The topological polar surface area (TPSA) is 102 Å². The van der Waals surface area contributed by atoms with Crippen LogP contribution in [0.1, 0.15) is 11.1 Å². The Balaban J connectivity index is 1.73. The van der Waals surface area contributed by atoms with Crippen LogP contribution in [0.2, 0.25) is 0 Å². The van der Waals surface area contributed by atoms with Gasteiger partial charge in [-0.3, -0.25) is 0 Å². The van der Waals surface area contributed by atoms with E-state index in [1.807, 2.05) is 0 Å². The van der Waals surface area contributed by atoms with Gasteiger partial charge in [0.25, 0.3) is 0 Å². The van der Waals surface area contributed by atoms with Gasteiger partial charge in [0.15, 0.2) is 11.5 Å². The molecular formula is C17H18N2O4. The number of amides is 2. The summed E-state index contributed by atoms with van der Waals surface area (Å²) < 4.78 is 0. The number of phenolic OH excluding ortho intramolecular Hbond substituents is 3. The van der Waals surface area contributed by atoms with E-state index in [4.69, 9.17) is 0 Å². The van der Waals surface area contributed by atoms with Gasteiger partial charge in [-0.1, -0.05) is 18.2 Å². The molecular weight excluding hydrogens is 296 g/mol. The summed E-state index contributed by atoms with van der Waals surface area (Å²) in [6.45, 7) is 0.445. The fourth-order valence-corrected chi connectivity index (χ4v) is 1.95. The molecule has 4 N–H and O–H groups in total. The minimum Gasteiger partial charge on any atom is -0.508 e. The summed E-state index contributed by atoms with van der Waals surface area (Å²) in [4.78, 5) is 15.3. The highest BCUT2D eigenvalue weighted by Crippen LogP contribution is 2.24. The average molecular weight is 314 g/mol. The van der Waals surface area contributed by atoms with Crippen molar-refractivity contribution in [3.05, 3.63) is 53.6 Å². The van der Waals surface area contributed by atoms with Crippen LogP contribution in [0.25, 0.3) is 0 Å².